The van der Waals surface area contributed by atoms with Crippen LogP contribution in [0.5, 0.6) is 0 Å². The van der Waals surface area contributed by atoms with E-state index in [2.05, 4.69) is 15.5 Å². The van der Waals surface area contributed by atoms with Gasteiger partial charge < -0.3 is 0 Å². The molecule has 1 aliphatic rings. The largest absolute Gasteiger partial charge is 0.298 e. The third-order valence-electron chi connectivity index (χ3n) is 1.80. The lowest BCUT2D eigenvalue weighted by molar-refractivity contribution is -0.114. The summed E-state index contributed by atoms with van der Waals surface area (Å²) in [5, 5.41) is 11.7. The van der Waals surface area contributed by atoms with Crippen molar-refractivity contribution in [3.8, 4) is 0 Å². The van der Waals surface area contributed by atoms with Crippen LogP contribution in [0.1, 0.15) is 23.8 Å². The third-order valence-corrected chi connectivity index (χ3v) is 3.19. The van der Waals surface area contributed by atoms with E-state index in [0.29, 0.717) is 11.0 Å². The summed E-state index contributed by atoms with van der Waals surface area (Å²) < 4.78 is 0. The molecule has 0 radical (unpaired) electrons. The first kappa shape index (κ1) is 10.1. The van der Waals surface area contributed by atoms with Crippen molar-refractivity contribution < 1.29 is 4.79 Å². The number of nitrogens with one attached hydrogen (secondary N) is 1. The van der Waals surface area contributed by atoms with Crippen molar-refractivity contribution in [2.45, 2.75) is 23.6 Å². The molecule has 1 heterocycles. The van der Waals surface area contributed by atoms with Crippen LogP contribution in [-0.4, -0.2) is 20.9 Å². The van der Waals surface area contributed by atoms with Gasteiger partial charge in [0.05, 0.1) is 0 Å². The molecule has 1 aromatic rings. The standard InChI is InChI=1S/C7H7Cl2N3OS/c8-4(9)5(13)10-7-12-11-6(14-7)3-1-2-3/h3-4H,1-2H2,(H,10,12,13). The highest BCUT2D eigenvalue weighted by Gasteiger charge is 2.27. The number of alkyl halides is 2. The number of halogens is 2. The van der Waals surface area contributed by atoms with Gasteiger partial charge in [0.1, 0.15) is 5.01 Å². The van der Waals surface area contributed by atoms with Crippen molar-refractivity contribution in [2.75, 3.05) is 5.32 Å². The molecule has 0 unspecified atom stereocenters. The Morgan fingerprint density at radius 1 is 1.50 bits per heavy atom. The van der Waals surface area contributed by atoms with Crippen molar-refractivity contribution in [2.24, 2.45) is 0 Å². The van der Waals surface area contributed by atoms with Gasteiger partial charge in [-0.2, -0.15) is 0 Å². The monoisotopic (exact) mass is 251 g/mol. The number of amides is 1. The topological polar surface area (TPSA) is 54.9 Å². The average Bonchev–Trinajstić information content (AvgIpc) is 2.88. The van der Waals surface area contributed by atoms with Crippen molar-refractivity contribution in [1.29, 1.82) is 0 Å². The fourth-order valence-corrected chi connectivity index (χ4v) is 1.96. The molecule has 1 saturated carbocycles. The Bertz CT molecular complexity index is 350. The van der Waals surface area contributed by atoms with E-state index in [1.165, 1.54) is 11.3 Å². The van der Waals surface area contributed by atoms with Crippen LogP contribution < -0.4 is 5.32 Å². The van der Waals surface area contributed by atoms with E-state index in [1.54, 1.807) is 0 Å². The molecule has 2 rings (SSSR count). The number of anilines is 1. The normalized spacial score (nSPS) is 15.9. The van der Waals surface area contributed by atoms with Crippen LogP contribution in [-0.2, 0) is 4.79 Å². The summed E-state index contributed by atoms with van der Waals surface area (Å²) in [6, 6.07) is 0. The SMILES string of the molecule is O=C(Nc1nnc(C2CC2)s1)C(Cl)Cl. The van der Waals surface area contributed by atoms with Crippen LogP contribution in [0.15, 0.2) is 0 Å². The molecule has 1 fully saturated rings. The van der Waals surface area contributed by atoms with Crippen molar-refractivity contribution in [3.05, 3.63) is 5.01 Å². The number of carbonyl (C=O) groups is 1. The van der Waals surface area contributed by atoms with Crippen molar-refractivity contribution in [3.63, 3.8) is 0 Å². The van der Waals surface area contributed by atoms with Gasteiger partial charge in [0, 0.05) is 5.92 Å². The molecular weight excluding hydrogens is 245 g/mol. The van der Waals surface area contributed by atoms with Gasteiger partial charge in [0.15, 0.2) is 4.84 Å². The first-order valence-electron chi connectivity index (χ1n) is 4.09. The highest BCUT2D eigenvalue weighted by molar-refractivity contribution is 7.15. The predicted molar refractivity (Wildman–Crippen MR) is 56.0 cm³/mol. The second kappa shape index (κ2) is 4.00. The smallest absolute Gasteiger partial charge is 0.259 e. The van der Waals surface area contributed by atoms with Crippen molar-refractivity contribution >= 4 is 45.6 Å². The highest BCUT2D eigenvalue weighted by Crippen LogP contribution is 2.42. The molecule has 0 saturated heterocycles. The average molecular weight is 252 g/mol. The summed E-state index contributed by atoms with van der Waals surface area (Å²) in [4.78, 5) is 10.0. The minimum Gasteiger partial charge on any atom is -0.298 e. The van der Waals surface area contributed by atoms with Crippen LogP contribution in [0, 0.1) is 0 Å². The molecular formula is C7H7Cl2N3OS. The molecule has 1 aromatic heterocycles. The maximum absolute atomic E-state index is 11.1. The lowest BCUT2D eigenvalue weighted by Gasteiger charge is -1.98. The molecule has 76 valence electrons. The van der Waals surface area contributed by atoms with Gasteiger partial charge in [-0.15, -0.1) is 10.2 Å². The third kappa shape index (κ3) is 2.34. The highest BCUT2D eigenvalue weighted by atomic mass is 35.5. The molecule has 4 nitrogen and oxygen atoms in total. The lowest BCUT2D eigenvalue weighted by Crippen LogP contribution is -2.18. The minimum absolute atomic E-state index is 0.461. The Labute approximate surface area is 94.6 Å². The molecule has 0 atom stereocenters. The molecule has 0 aromatic carbocycles. The van der Waals surface area contributed by atoms with Gasteiger partial charge in [-0.05, 0) is 12.8 Å². The van der Waals surface area contributed by atoms with Gasteiger partial charge >= 0.3 is 0 Å². The molecule has 7 heteroatoms. The van der Waals surface area contributed by atoms with Crippen LogP contribution in [0.4, 0.5) is 5.13 Å². The molecule has 1 amide bonds. The maximum Gasteiger partial charge on any atom is 0.259 e. The number of nitrogens with zero attached hydrogens (tertiary/aromatic N) is 2. The molecule has 0 bridgehead atoms. The Morgan fingerprint density at radius 2 is 2.21 bits per heavy atom. The van der Waals surface area contributed by atoms with E-state index in [4.69, 9.17) is 23.2 Å². The molecule has 0 aliphatic heterocycles. The number of hydrogen-bond acceptors (Lipinski definition) is 4. The van der Waals surface area contributed by atoms with Crippen LogP contribution >= 0.6 is 34.5 Å². The van der Waals surface area contributed by atoms with E-state index in [0.717, 1.165) is 17.8 Å². The zero-order valence-electron chi connectivity index (χ0n) is 7.04. The zero-order chi connectivity index (χ0) is 10.1. The summed E-state index contributed by atoms with van der Waals surface area (Å²) in [5.41, 5.74) is 0. The van der Waals surface area contributed by atoms with Crippen LogP contribution in [0.25, 0.3) is 0 Å². The zero-order valence-corrected chi connectivity index (χ0v) is 9.36. The quantitative estimate of drug-likeness (QED) is 0.838. The van der Waals surface area contributed by atoms with E-state index in [1.807, 2.05) is 0 Å². The fraction of sp³-hybridized carbons (Fsp3) is 0.571. The maximum atomic E-state index is 11.1. The molecule has 14 heavy (non-hydrogen) atoms. The van der Waals surface area contributed by atoms with Gasteiger partial charge in [0.25, 0.3) is 5.91 Å². The van der Waals surface area contributed by atoms with Gasteiger partial charge in [0.2, 0.25) is 5.13 Å². The van der Waals surface area contributed by atoms with E-state index in [-0.39, 0.29) is 0 Å². The number of carbonyl (C=O) groups excluding carboxylic acids is 1. The second-order valence-electron chi connectivity index (χ2n) is 3.01. The van der Waals surface area contributed by atoms with Gasteiger partial charge in [-0.25, -0.2) is 0 Å². The minimum atomic E-state index is -1.07. The molecule has 0 spiro atoms. The van der Waals surface area contributed by atoms with E-state index in [9.17, 15) is 4.79 Å². The van der Waals surface area contributed by atoms with Gasteiger partial charge in [-0.1, -0.05) is 34.5 Å². The lowest BCUT2D eigenvalue weighted by atomic mass is 10.5. The van der Waals surface area contributed by atoms with E-state index >= 15 is 0 Å². The summed E-state index contributed by atoms with van der Waals surface area (Å²) in [6.07, 6.45) is 2.33. The Morgan fingerprint density at radius 3 is 2.79 bits per heavy atom. The van der Waals surface area contributed by atoms with Crippen LogP contribution in [0.2, 0.25) is 0 Å². The summed E-state index contributed by atoms with van der Waals surface area (Å²) in [5.74, 6) is 0.0767. The van der Waals surface area contributed by atoms with Crippen LogP contribution in [0.3, 0.4) is 0 Å². The molecule has 1 aliphatic carbocycles. The Hall–Kier alpha value is -0.390. The van der Waals surface area contributed by atoms with E-state index < -0.39 is 10.7 Å². The Balaban J connectivity index is 1.99. The van der Waals surface area contributed by atoms with Crippen molar-refractivity contribution in [1.82, 2.24) is 10.2 Å². The predicted octanol–water partition coefficient (Wildman–Crippen LogP) is 2.16. The fourth-order valence-electron chi connectivity index (χ4n) is 0.940. The summed E-state index contributed by atoms with van der Waals surface area (Å²) in [7, 11) is 0. The summed E-state index contributed by atoms with van der Waals surface area (Å²) in [6.45, 7) is 0. The second-order valence-corrected chi connectivity index (χ2v) is 5.12. The number of hydrogen-bond donors (Lipinski definition) is 1. The first-order chi connectivity index (χ1) is 6.66. The van der Waals surface area contributed by atoms with Gasteiger partial charge in [-0.3, -0.25) is 10.1 Å². The Kier molecular flexibility index (Phi) is 2.90. The molecule has 1 N–H and O–H groups in total. The number of rotatable bonds is 3. The number of aromatic nitrogens is 2. The summed E-state index contributed by atoms with van der Waals surface area (Å²) >= 11 is 12.1. The first-order valence-corrected chi connectivity index (χ1v) is 5.78.